The van der Waals surface area contributed by atoms with Gasteiger partial charge in [-0.05, 0) is 43.7 Å². The zero-order valence-corrected chi connectivity index (χ0v) is 12.8. The molecule has 0 bridgehead atoms. The minimum absolute atomic E-state index is 0.592. The van der Waals surface area contributed by atoms with Crippen LogP contribution >= 0.6 is 0 Å². The highest BCUT2D eigenvalue weighted by Crippen LogP contribution is 2.14. The third-order valence-corrected chi connectivity index (χ3v) is 3.17. The largest absolute Gasteiger partial charge is 0.491 e. The van der Waals surface area contributed by atoms with E-state index in [1.807, 2.05) is 19.1 Å². The predicted octanol–water partition coefficient (Wildman–Crippen LogP) is 4.02. The molecule has 0 fully saturated rings. The Labute approximate surface area is 126 Å². The van der Waals surface area contributed by atoms with E-state index in [0.29, 0.717) is 13.2 Å². The van der Waals surface area contributed by atoms with Crippen molar-refractivity contribution in [3.63, 3.8) is 0 Å². The molecule has 0 aromatic heterocycles. The Kier molecular flexibility index (Phi) is 6.10. The molecule has 1 N–H and O–H groups in total. The molecular formula is C18H23NO2. The minimum Gasteiger partial charge on any atom is -0.491 e. The van der Waals surface area contributed by atoms with Crippen molar-refractivity contribution in [1.29, 1.82) is 0 Å². The molecule has 0 aliphatic rings. The summed E-state index contributed by atoms with van der Waals surface area (Å²) in [5.74, 6) is 0.883. The normalized spacial score (nSPS) is 10.4. The zero-order valence-electron chi connectivity index (χ0n) is 12.8. The van der Waals surface area contributed by atoms with Crippen LogP contribution < -0.4 is 10.1 Å². The van der Waals surface area contributed by atoms with Gasteiger partial charge in [0.15, 0.2) is 0 Å². The highest BCUT2D eigenvalue weighted by atomic mass is 16.5. The lowest BCUT2D eigenvalue weighted by Gasteiger charge is -2.09. The number of anilines is 1. The molecule has 0 heterocycles. The number of hydrogen-bond donors (Lipinski definition) is 1. The predicted molar refractivity (Wildman–Crippen MR) is 86.9 cm³/mol. The molecule has 0 spiro atoms. The van der Waals surface area contributed by atoms with Crippen LogP contribution in [0.25, 0.3) is 0 Å². The van der Waals surface area contributed by atoms with Crippen LogP contribution in [-0.4, -0.2) is 19.8 Å². The zero-order chi connectivity index (χ0) is 14.9. The first kappa shape index (κ1) is 15.4. The van der Waals surface area contributed by atoms with Gasteiger partial charge in [0.25, 0.3) is 0 Å². The molecule has 3 heteroatoms. The molecule has 3 nitrogen and oxygen atoms in total. The van der Waals surface area contributed by atoms with Crippen LogP contribution in [0.4, 0.5) is 5.69 Å². The first-order valence-electron chi connectivity index (χ1n) is 7.38. The Morgan fingerprint density at radius 2 is 1.62 bits per heavy atom. The molecule has 0 amide bonds. The maximum atomic E-state index is 5.59. The monoisotopic (exact) mass is 285 g/mol. The SMILES string of the molecule is CCOCCOc1ccc(CNc2ccc(C)cc2)cc1. The first-order valence-corrected chi connectivity index (χ1v) is 7.38. The van der Waals surface area contributed by atoms with Crippen LogP contribution in [0.1, 0.15) is 18.1 Å². The molecule has 0 atom stereocenters. The highest BCUT2D eigenvalue weighted by molar-refractivity contribution is 5.45. The van der Waals surface area contributed by atoms with E-state index in [1.54, 1.807) is 0 Å². The van der Waals surface area contributed by atoms with Gasteiger partial charge >= 0.3 is 0 Å². The fourth-order valence-corrected chi connectivity index (χ4v) is 1.94. The summed E-state index contributed by atoms with van der Waals surface area (Å²) in [5, 5.41) is 3.41. The molecule has 2 rings (SSSR count). The quantitative estimate of drug-likeness (QED) is 0.743. The topological polar surface area (TPSA) is 30.5 Å². The summed E-state index contributed by atoms with van der Waals surface area (Å²) >= 11 is 0. The Balaban J connectivity index is 1.78. The molecule has 0 saturated heterocycles. The van der Waals surface area contributed by atoms with Crippen molar-refractivity contribution in [2.45, 2.75) is 20.4 Å². The van der Waals surface area contributed by atoms with Gasteiger partial charge in [-0.15, -0.1) is 0 Å². The van der Waals surface area contributed by atoms with Gasteiger partial charge in [0.1, 0.15) is 12.4 Å². The fraction of sp³-hybridized carbons (Fsp3) is 0.333. The second-order valence-electron chi connectivity index (χ2n) is 4.91. The van der Waals surface area contributed by atoms with Crippen molar-refractivity contribution >= 4 is 5.69 Å². The van der Waals surface area contributed by atoms with Crippen molar-refractivity contribution in [2.75, 3.05) is 25.1 Å². The molecule has 0 aliphatic carbocycles. The van der Waals surface area contributed by atoms with Crippen molar-refractivity contribution in [2.24, 2.45) is 0 Å². The molecule has 0 radical (unpaired) electrons. The van der Waals surface area contributed by atoms with Crippen molar-refractivity contribution in [3.05, 3.63) is 59.7 Å². The molecular weight excluding hydrogens is 262 g/mol. The summed E-state index contributed by atoms with van der Waals surface area (Å²) in [7, 11) is 0. The third-order valence-electron chi connectivity index (χ3n) is 3.17. The van der Waals surface area contributed by atoms with E-state index >= 15 is 0 Å². The highest BCUT2D eigenvalue weighted by Gasteiger charge is 1.97. The van der Waals surface area contributed by atoms with E-state index in [9.17, 15) is 0 Å². The van der Waals surface area contributed by atoms with Gasteiger partial charge < -0.3 is 14.8 Å². The lowest BCUT2D eigenvalue weighted by molar-refractivity contribution is 0.110. The minimum atomic E-state index is 0.592. The van der Waals surface area contributed by atoms with Gasteiger partial charge in [0.05, 0.1) is 6.61 Å². The number of nitrogens with one attached hydrogen (secondary N) is 1. The Bertz CT molecular complexity index is 520. The first-order chi connectivity index (χ1) is 10.3. The number of hydrogen-bond acceptors (Lipinski definition) is 3. The van der Waals surface area contributed by atoms with E-state index in [0.717, 1.165) is 24.6 Å². The van der Waals surface area contributed by atoms with Crippen molar-refractivity contribution < 1.29 is 9.47 Å². The number of rotatable bonds is 8. The molecule has 2 aromatic carbocycles. The Hall–Kier alpha value is -2.00. The maximum Gasteiger partial charge on any atom is 0.119 e. The van der Waals surface area contributed by atoms with Crippen molar-refractivity contribution in [3.8, 4) is 5.75 Å². The summed E-state index contributed by atoms with van der Waals surface area (Å²) in [6, 6.07) is 16.6. The van der Waals surface area contributed by atoms with Gasteiger partial charge in [0.2, 0.25) is 0 Å². The molecule has 0 unspecified atom stereocenters. The van der Waals surface area contributed by atoms with Crippen LogP contribution in [-0.2, 0) is 11.3 Å². The van der Waals surface area contributed by atoms with Gasteiger partial charge in [-0.2, -0.15) is 0 Å². The van der Waals surface area contributed by atoms with Crippen LogP contribution in [0.15, 0.2) is 48.5 Å². The smallest absolute Gasteiger partial charge is 0.119 e. The van der Waals surface area contributed by atoms with Gasteiger partial charge in [-0.1, -0.05) is 29.8 Å². The van der Waals surface area contributed by atoms with Gasteiger partial charge in [0, 0.05) is 18.8 Å². The van der Waals surface area contributed by atoms with Crippen molar-refractivity contribution in [1.82, 2.24) is 0 Å². The maximum absolute atomic E-state index is 5.59. The average molecular weight is 285 g/mol. The summed E-state index contributed by atoms with van der Waals surface area (Å²) in [6.45, 7) is 6.83. The average Bonchev–Trinajstić information content (AvgIpc) is 2.52. The third kappa shape index (κ3) is 5.48. The number of aryl methyl sites for hydroxylation is 1. The van der Waals surface area contributed by atoms with E-state index in [-0.39, 0.29) is 0 Å². The molecule has 2 aromatic rings. The molecule has 0 aliphatic heterocycles. The second kappa shape index (κ2) is 8.32. The summed E-state index contributed by atoms with van der Waals surface area (Å²) in [5.41, 5.74) is 3.64. The standard InChI is InChI=1S/C18H23NO2/c1-3-20-12-13-21-18-10-6-16(7-11-18)14-19-17-8-4-15(2)5-9-17/h4-11,19H,3,12-14H2,1-2H3. The molecule has 0 saturated carbocycles. The lowest BCUT2D eigenvalue weighted by Crippen LogP contribution is -2.06. The summed E-state index contributed by atoms with van der Waals surface area (Å²) in [6.07, 6.45) is 0. The Morgan fingerprint density at radius 1 is 0.905 bits per heavy atom. The van der Waals surface area contributed by atoms with Crippen LogP contribution in [0.3, 0.4) is 0 Å². The fourth-order valence-electron chi connectivity index (χ4n) is 1.94. The van der Waals surface area contributed by atoms with E-state index < -0.39 is 0 Å². The van der Waals surface area contributed by atoms with Crippen LogP contribution in [0, 0.1) is 6.92 Å². The Morgan fingerprint density at radius 3 is 2.29 bits per heavy atom. The van der Waals surface area contributed by atoms with E-state index in [1.165, 1.54) is 11.1 Å². The second-order valence-corrected chi connectivity index (χ2v) is 4.91. The van der Waals surface area contributed by atoms with E-state index in [2.05, 4.69) is 48.6 Å². The lowest BCUT2D eigenvalue weighted by atomic mass is 10.2. The van der Waals surface area contributed by atoms with Crippen LogP contribution in [0.5, 0.6) is 5.75 Å². The van der Waals surface area contributed by atoms with Crippen LogP contribution in [0.2, 0.25) is 0 Å². The summed E-state index contributed by atoms with van der Waals surface area (Å²) < 4.78 is 10.8. The number of ether oxygens (including phenoxy) is 2. The van der Waals surface area contributed by atoms with Gasteiger partial charge in [-0.25, -0.2) is 0 Å². The molecule has 112 valence electrons. The summed E-state index contributed by atoms with van der Waals surface area (Å²) in [4.78, 5) is 0. The number of benzene rings is 2. The molecule has 21 heavy (non-hydrogen) atoms. The van der Waals surface area contributed by atoms with Gasteiger partial charge in [-0.3, -0.25) is 0 Å². The van der Waals surface area contributed by atoms with E-state index in [4.69, 9.17) is 9.47 Å².